The van der Waals surface area contributed by atoms with E-state index >= 15 is 0 Å². The van der Waals surface area contributed by atoms with Gasteiger partial charge in [-0.05, 0) is 29.6 Å². The second kappa shape index (κ2) is 6.32. The number of alkyl halides is 4. The van der Waals surface area contributed by atoms with Crippen molar-refractivity contribution in [3.05, 3.63) is 35.4 Å². The van der Waals surface area contributed by atoms with Gasteiger partial charge in [0.15, 0.2) is 0 Å². The van der Waals surface area contributed by atoms with E-state index in [-0.39, 0.29) is 6.04 Å². The van der Waals surface area contributed by atoms with Crippen molar-refractivity contribution in [3.8, 4) is 0 Å². The first kappa shape index (κ1) is 14.7. The van der Waals surface area contributed by atoms with E-state index < -0.39 is 11.7 Å². The Morgan fingerprint density at radius 3 is 2.20 bits per heavy atom. The van der Waals surface area contributed by atoms with Gasteiger partial charge in [0.25, 0.3) is 0 Å². The van der Waals surface area contributed by atoms with Crippen molar-refractivity contribution in [2.75, 3.05) is 4.93 Å². The summed E-state index contributed by atoms with van der Waals surface area (Å²) in [5.74, 6) is 0. The maximum atomic E-state index is 12.2. The Bertz CT molecular complexity index is 297. The summed E-state index contributed by atoms with van der Waals surface area (Å²) in [6.07, 6.45) is -4.29. The van der Waals surface area contributed by atoms with Gasteiger partial charge in [-0.2, -0.15) is 13.2 Å². The van der Waals surface area contributed by atoms with Crippen LogP contribution in [0.5, 0.6) is 0 Å². The molecule has 5 heteroatoms. The van der Waals surface area contributed by atoms with Crippen LogP contribution in [0.4, 0.5) is 13.2 Å². The first-order chi connectivity index (χ1) is 6.91. The summed E-state index contributed by atoms with van der Waals surface area (Å²) in [6.45, 7) is 1.65. The maximum absolute atomic E-state index is 12.2. The molecule has 0 aliphatic rings. The molecule has 0 aliphatic carbocycles. The van der Waals surface area contributed by atoms with Gasteiger partial charge in [-0.3, -0.25) is 0 Å². The van der Waals surface area contributed by atoms with Gasteiger partial charge in [0.05, 0.1) is 5.56 Å². The van der Waals surface area contributed by atoms with Crippen molar-refractivity contribution in [2.24, 2.45) is 5.73 Å². The van der Waals surface area contributed by atoms with Crippen LogP contribution in [0.2, 0.25) is 0 Å². The Hall–Kier alpha value is -0.300. The fourth-order valence-corrected chi connectivity index (χ4v) is 0.998. The highest BCUT2D eigenvalue weighted by atomic mass is 127. The zero-order valence-electron chi connectivity index (χ0n) is 8.48. The molecule has 86 valence electrons. The second-order valence-corrected chi connectivity index (χ2v) is 2.91. The zero-order valence-corrected chi connectivity index (χ0v) is 10.6. The number of hydrogen-bond acceptors (Lipinski definition) is 1. The monoisotopic (exact) mass is 331 g/mol. The molecule has 1 aromatic carbocycles. The summed E-state index contributed by atoms with van der Waals surface area (Å²) in [6, 6.07) is 4.68. The van der Waals surface area contributed by atoms with Gasteiger partial charge in [0, 0.05) is 6.04 Å². The molecule has 0 aliphatic heterocycles. The van der Waals surface area contributed by atoms with Crippen molar-refractivity contribution in [1.82, 2.24) is 0 Å². The largest absolute Gasteiger partial charge is 0.416 e. The molecular formula is C10H13F3IN. The zero-order chi connectivity index (χ0) is 12.1. The third-order valence-corrected chi connectivity index (χ3v) is 1.74. The number of halogens is 4. The lowest BCUT2D eigenvalue weighted by molar-refractivity contribution is -0.137. The summed E-state index contributed by atoms with van der Waals surface area (Å²) in [4.78, 5) is 1.97. The third kappa shape index (κ3) is 4.83. The van der Waals surface area contributed by atoms with E-state index in [1.807, 2.05) is 4.93 Å². The second-order valence-electron chi connectivity index (χ2n) is 2.91. The molecule has 2 N–H and O–H groups in total. The van der Waals surface area contributed by atoms with Gasteiger partial charge < -0.3 is 5.73 Å². The van der Waals surface area contributed by atoms with Crippen molar-refractivity contribution in [3.63, 3.8) is 0 Å². The summed E-state index contributed by atoms with van der Waals surface area (Å²) in [7, 11) is 0. The quantitative estimate of drug-likeness (QED) is 0.615. The SMILES string of the molecule is CI.C[C@H](N)c1cccc(C(F)(F)F)c1. The summed E-state index contributed by atoms with van der Waals surface area (Å²) < 4.78 is 36.6. The van der Waals surface area contributed by atoms with Gasteiger partial charge in [-0.1, -0.05) is 34.7 Å². The average Bonchev–Trinajstić information content (AvgIpc) is 2.20. The van der Waals surface area contributed by atoms with Crippen LogP contribution in [0.15, 0.2) is 24.3 Å². The fourth-order valence-electron chi connectivity index (χ4n) is 0.998. The van der Waals surface area contributed by atoms with Gasteiger partial charge >= 0.3 is 6.18 Å². The summed E-state index contributed by atoms with van der Waals surface area (Å²) in [5.41, 5.74) is 5.30. The Labute approximate surface area is 101 Å². The molecule has 0 heterocycles. The molecule has 0 fully saturated rings. The molecule has 0 saturated carbocycles. The van der Waals surface area contributed by atoms with Crippen LogP contribution in [0, 0.1) is 0 Å². The first-order valence-electron chi connectivity index (χ1n) is 4.22. The highest BCUT2D eigenvalue weighted by Crippen LogP contribution is 2.30. The third-order valence-electron chi connectivity index (χ3n) is 1.74. The van der Waals surface area contributed by atoms with Crippen LogP contribution in [0.25, 0.3) is 0 Å². The van der Waals surface area contributed by atoms with Crippen LogP contribution in [-0.4, -0.2) is 4.93 Å². The van der Waals surface area contributed by atoms with Gasteiger partial charge in [-0.25, -0.2) is 0 Å². The predicted octanol–water partition coefficient (Wildman–Crippen LogP) is 3.78. The molecule has 0 bridgehead atoms. The normalized spacial score (nSPS) is 12.7. The van der Waals surface area contributed by atoms with Crippen LogP contribution in [-0.2, 0) is 6.18 Å². The predicted molar refractivity (Wildman–Crippen MR) is 64.0 cm³/mol. The van der Waals surface area contributed by atoms with Crippen LogP contribution >= 0.6 is 22.6 Å². The highest BCUT2D eigenvalue weighted by Gasteiger charge is 2.30. The Morgan fingerprint density at radius 2 is 1.80 bits per heavy atom. The van der Waals surface area contributed by atoms with E-state index in [2.05, 4.69) is 22.6 Å². The standard InChI is InChI=1S/C9H10F3N.CH3I/c1-6(13)7-3-2-4-8(5-7)9(10,11)12;1-2/h2-6H,13H2,1H3;1H3/t6-;/m0./s1. The maximum Gasteiger partial charge on any atom is 0.416 e. The molecule has 0 aromatic heterocycles. The number of rotatable bonds is 1. The van der Waals surface area contributed by atoms with E-state index in [0.717, 1.165) is 12.1 Å². The average molecular weight is 331 g/mol. The molecule has 0 spiro atoms. The minimum atomic E-state index is -4.29. The minimum absolute atomic E-state index is 0.373. The fraction of sp³-hybridized carbons (Fsp3) is 0.400. The van der Waals surface area contributed by atoms with Gasteiger partial charge in [0.2, 0.25) is 0 Å². The summed E-state index contributed by atoms with van der Waals surface area (Å²) >= 11 is 2.15. The Kier molecular flexibility index (Phi) is 6.19. The molecule has 1 atom stereocenters. The molecule has 1 aromatic rings. The van der Waals surface area contributed by atoms with Crippen molar-refractivity contribution < 1.29 is 13.2 Å². The van der Waals surface area contributed by atoms with Crippen LogP contribution in [0.1, 0.15) is 24.1 Å². The van der Waals surface area contributed by atoms with E-state index in [0.29, 0.717) is 5.56 Å². The molecule has 0 unspecified atom stereocenters. The lowest BCUT2D eigenvalue weighted by atomic mass is 10.1. The van der Waals surface area contributed by atoms with E-state index in [9.17, 15) is 13.2 Å². The van der Waals surface area contributed by atoms with Crippen molar-refractivity contribution in [1.29, 1.82) is 0 Å². The molecule has 1 rings (SSSR count). The van der Waals surface area contributed by atoms with E-state index in [1.54, 1.807) is 13.0 Å². The molecule has 0 saturated heterocycles. The van der Waals surface area contributed by atoms with Crippen molar-refractivity contribution >= 4 is 22.6 Å². The molecular weight excluding hydrogens is 318 g/mol. The van der Waals surface area contributed by atoms with Crippen LogP contribution < -0.4 is 5.73 Å². The van der Waals surface area contributed by atoms with E-state index in [4.69, 9.17) is 5.73 Å². The number of nitrogens with two attached hydrogens (primary N) is 1. The lowest BCUT2D eigenvalue weighted by Gasteiger charge is -2.10. The van der Waals surface area contributed by atoms with Crippen LogP contribution in [0.3, 0.4) is 0 Å². The minimum Gasteiger partial charge on any atom is -0.324 e. The Balaban J connectivity index is 0.000000921. The van der Waals surface area contributed by atoms with Crippen molar-refractivity contribution in [2.45, 2.75) is 19.1 Å². The molecule has 0 amide bonds. The smallest absolute Gasteiger partial charge is 0.324 e. The lowest BCUT2D eigenvalue weighted by Crippen LogP contribution is -2.09. The molecule has 1 nitrogen and oxygen atoms in total. The molecule has 0 radical (unpaired) electrons. The molecule has 15 heavy (non-hydrogen) atoms. The first-order valence-corrected chi connectivity index (χ1v) is 6.37. The van der Waals surface area contributed by atoms with Gasteiger partial charge in [0.1, 0.15) is 0 Å². The number of hydrogen-bond donors (Lipinski definition) is 1. The number of benzene rings is 1. The van der Waals surface area contributed by atoms with Gasteiger partial charge in [-0.15, -0.1) is 0 Å². The topological polar surface area (TPSA) is 26.0 Å². The highest BCUT2D eigenvalue weighted by molar-refractivity contribution is 14.1. The van der Waals surface area contributed by atoms with E-state index in [1.165, 1.54) is 6.07 Å². The summed E-state index contributed by atoms with van der Waals surface area (Å²) in [5, 5.41) is 0. The Morgan fingerprint density at radius 1 is 1.27 bits per heavy atom.